The average Bonchev–Trinajstić information content (AvgIpc) is 2.74. The quantitative estimate of drug-likeness (QED) is 0.676. The summed E-state index contributed by atoms with van der Waals surface area (Å²) in [7, 11) is 0. The van der Waals surface area contributed by atoms with E-state index in [1.54, 1.807) is 4.57 Å². The first-order chi connectivity index (χ1) is 8.65. The number of imidazole rings is 1. The number of aromatic amines is 1. The molecule has 8 heteroatoms. The molecule has 0 bridgehead atoms. The molecule has 0 radical (unpaired) electrons. The summed E-state index contributed by atoms with van der Waals surface area (Å²) in [5.74, 6) is -0.403. The highest BCUT2D eigenvalue weighted by atomic mass is 18.2. The standard InChI is InChI=1S/C10H14FN5O2/c11-3-6(4-17)1-2-16-5-13-7-8(16)14-10(12)15-9(7)18/h5-6,17H,1-4H2,(H3,12,14,15,18)/t6-/m0/s1/i11-1. The number of aromatic nitrogens is 4. The van der Waals surface area contributed by atoms with Crippen LogP contribution in [0.2, 0.25) is 0 Å². The Hall–Kier alpha value is -1.96. The van der Waals surface area contributed by atoms with Gasteiger partial charge in [-0.3, -0.25) is 14.2 Å². The van der Waals surface area contributed by atoms with Crippen LogP contribution >= 0.6 is 0 Å². The van der Waals surface area contributed by atoms with E-state index in [0.717, 1.165) is 0 Å². The highest BCUT2D eigenvalue weighted by Crippen LogP contribution is 2.10. The van der Waals surface area contributed by atoms with Crippen molar-refractivity contribution in [3.8, 4) is 0 Å². The fourth-order valence-corrected chi connectivity index (χ4v) is 1.67. The van der Waals surface area contributed by atoms with Gasteiger partial charge in [-0.2, -0.15) is 4.98 Å². The molecule has 7 nitrogen and oxygen atoms in total. The number of nitrogens with one attached hydrogen (secondary N) is 1. The first kappa shape index (κ1) is 12.5. The van der Waals surface area contributed by atoms with Gasteiger partial charge in [0.25, 0.3) is 5.56 Å². The normalized spacial score (nSPS) is 13.0. The van der Waals surface area contributed by atoms with E-state index < -0.39 is 18.2 Å². The maximum Gasteiger partial charge on any atom is 0.280 e. The summed E-state index contributed by atoms with van der Waals surface area (Å²) in [4.78, 5) is 21.8. The van der Waals surface area contributed by atoms with Crippen molar-refractivity contribution in [2.45, 2.75) is 13.0 Å². The Labute approximate surface area is 101 Å². The van der Waals surface area contributed by atoms with Gasteiger partial charge in [0.05, 0.1) is 13.0 Å². The van der Waals surface area contributed by atoms with Crippen molar-refractivity contribution in [3.05, 3.63) is 16.7 Å². The largest absolute Gasteiger partial charge is 0.396 e. The van der Waals surface area contributed by atoms with E-state index >= 15 is 0 Å². The summed E-state index contributed by atoms with van der Waals surface area (Å²) >= 11 is 0. The van der Waals surface area contributed by atoms with Crippen LogP contribution in [0.25, 0.3) is 11.2 Å². The lowest BCUT2D eigenvalue weighted by Crippen LogP contribution is -2.14. The van der Waals surface area contributed by atoms with Crippen LogP contribution < -0.4 is 11.3 Å². The minimum Gasteiger partial charge on any atom is -0.396 e. The number of nitrogens with zero attached hydrogens (tertiary/aromatic N) is 3. The molecule has 0 unspecified atom stereocenters. The molecular weight excluding hydrogens is 240 g/mol. The Morgan fingerprint density at radius 2 is 2.39 bits per heavy atom. The zero-order chi connectivity index (χ0) is 13.1. The lowest BCUT2D eigenvalue weighted by molar-refractivity contribution is 0.185. The number of aliphatic hydroxyl groups is 1. The molecule has 2 aromatic heterocycles. The van der Waals surface area contributed by atoms with Crippen LogP contribution in [0.15, 0.2) is 11.1 Å². The maximum atomic E-state index is 12.5. The molecule has 0 aliphatic carbocycles. The number of hydrogen-bond acceptors (Lipinski definition) is 5. The maximum absolute atomic E-state index is 12.5. The van der Waals surface area contributed by atoms with E-state index in [-0.39, 0.29) is 18.1 Å². The third-order valence-electron chi connectivity index (χ3n) is 2.75. The fraction of sp³-hybridized carbons (Fsp3) is 0.500. The van der Waals surface area contributed by atoms with Gasteiger partial charge < -0.3 is 15.4 Å². The smallest absolute Gasteiger partial charge is 0.280 e. The molecule has 18 heavy (non-hydrogen) atoms. The topological polar surface area (TPSA) is 110 Å². The minimum atomic E-state index is -0.584. The molecule has 0 saturated carbocycles. The van der Waals surface area contributed by atoms with Gasteiger partial charge >= 0.3 is 0 Å². The first-order valence-corrected chi connectivity index (χ1v) is 5.53. The van der Waals surface area contributed by atoms with E-state index in [9.17, 15) is 9.18 Å². The number of aliphatic hydroxyl groups excluding tert-OH is 1. The van der Waals surface area contributed by atoms with Gasteiger partial charge in [0.15, 0.2) is 11.2 Å². The zero-order valence-corrected chi connectivity index (χ0v) is 9.64. The summed E-state index contributed by atoms with van der Waals surface area (Å²) in [5, 5.41) is 8.90. The second-order valence-corrected chi connectivity index (χ2v) is 4.05. The number of alkyl halides is 1. The molecule has 98 valence electrons. The number of H-pyrrole nitrogens is 1. The fourth-order valence-electron chi connectivity index (χ4n) is 1.67. The number of hydrogen-bond donors (Lipinski definition) is 3. The number of nitrogen functional groups attached to an aromatic ring is 1. The Bertz CT molecular complexity index is 589. The van der Waals surface area contributed by atoms with Gasteiger partial charge in [-0.15, -0.1) is 0 Å². The third kappa shape index (κ3) is 2.33. The van der Waals surface area contributed by atoms with Crippen LogP contribution in [-0.4, -0.2) is 37.9 Å². The van der Waals surface area contributed by atoms with E-state index in [1.807, 2.05) is 0 Å². The van der Waals surface area contributed by atoms with Crippen molar-refractivity contribution < 1.29 is 9.50 Å². The highest BCUT2D eigenvalue weighted by Gasteiger charge is 2.11. The van der Waals surface area contributed by atoms with Crippen molar-refractivity contribution in [1.82, 2.24) is 19.5 Å². The Kier molecular flexibility index (Phi) is 3.56. The molecule has 0 spiro atoms. The molecule has 0 saturated heterocycles. The lowest BCUT2D eigenvalue weighted by Gasteiger charge is -2.10. The van der Waals surface area contributed by atoms with E-state index in [2.05, 4.69) is 15.0 Å². The number of nitrogens with two attached hydrogens (primary N) is 1. The van der Waals surface area contributed by atoms with Gasteiger partial charge in [0.1, 0.15) is 0 Å². The van der Waals surface area contributed by atoms with E-state index in [4.69, 9.17) is 10.8 Å². The molecule has 2 rings (SSSR count). The second kappa shape index (κ2) is 5.13. The molecule has 2 aromatic rings. The van der Waals surface area contributed by atoms with E-state index in [0.29, 0.717) is 18.6 Å². The Balaban J connectivity index is 2.27. The second-order valence-electron chi connectivity index (χ2n) is 4.05. The molecule has 2 heterocycles. The number of fused-ring (bicyclic) bond motifs is 1. The number of aryl methyl sites for hydroxylation is 1. The summed E-state index contributed by atoms with van der Waals surface area (Å²) in [5.41, 5.74) is 5.62. The van der Waals surface area contributed by atoms with Crippen molar-refractivity contribution in [2.24, 2.45) is 5.92 Å². The summed E-state index contributed by atoms with van der Waals surface area (Å²) < 4.78 is 14.1. The lowest BCUT2D eigenvalue weighted by atomic mass is 10.1. The summed E-state index contributed by atoms with van der Waals surface area (Å²) in [6.45, 7) is -0.375. The summed E-state index contributed by atoms with van der Waals surface area (Å²) in [6.07, 6.45) is 1.89. The molecule has 0 aliphatic rings. The predicted octanol–water partition coefficient (Wildman–Crippen LogP) is -0.330. The molecule has 4 N–H and O–H groups in total. The number of halogens is 1. The van der Waals surface area contributed by atoms with Crippen LogP contribution in [0.4, 0.5) is 10.3 Å². The van der Waals surface area contributed by atoms with Gasteiger partial charge in [-0.25, -0.2) is 4.98 Å². The predicted molar refractivity (Wildman–Crippen MR) is 63.7 cm³/mol. The first-order valence-electron chi connectivity index (χ1n) is 5.53. The SMILES string of the molecule is Nc1nc2c(ncn2CC[C@H](CO)C[18F])c(=O)[nH]1. The van der Waals surface area contributed by atoms with Crippen molar-refractivity contribution in [2.75, 3.05) is 19.0 Å². The molecule has 0 amide bonds. The van der Waals surface area contributed by atoms with Crippen LogP contribution in [-0.2, 0) is 6.54 Å². The van der Waals surface area contributed by atoms with Gasteiger partial charge in [-0.05, 0) is 6.42 Å². The monoisotopic (exact) mass is 254 g/mol. The van der Waals surface area contributed by atoms with Gasteiger partial charge in [0, 0.05) is 19.1 Å². The Morgan fingerprint density at radius 1 is 1.61 bits per heavy atom. The van der Waals surface area contributed by atoms with E-state index in [1.165, 1.54) is 6.33 Å². The van der Waals surface area contributed by atoms with Crippen LogP contribution in [0, 0.1) is 5.92 Å². The molecule has 0 aromatic carbocycles. The van der Waals surface area contributed by atoms with Gasteiger partial charge in [-0.1, -0.05) is 0 Å². The van der Waals surface area contributed by atoms with Crippen LogP contribution in [0.3, 0.4) is 0 Å². The van der Waals surface area contributed by atoms with Crippen molar-refractivity contribution >= 4 is 17.1 Å². The van der Waals surface area contributed by atoms with Crippen molar-refractivity contribution in [1.29, 1.82) is 0 Å². The molecule has 0 fully saturated rings. The molecule has 0 aliphatic heterocycles. The van der Waals surface area contributed by atoms with Crippen molar-refractivity contribution in [3.63, 3.8) is 0 Å². The zero-order valence-electron chi connectivity index (χ0n) is 9.64. The van der Waals surface area contributed by atoms with Gasteiger partial charge in [0.2, 0.25) is 5.95 Å². The van der Waals surface area contributed by atoms with Crippen LogP contribution in [0.1, 0.15) is 6.42 Å². The summed E-state index contributed by atoms with van der Waals surface area (Å²) in [6, 6.07) is 0. The number of rotatable bonds is 5. The minimum absolute atomic E-state index is 0.0125. The highest BCUT2D eigenvalue weighted by molar-refractivity contribution is 5.70. The molecule has 1 atom stereocenters. The van der Waals surface area contributed by atoms with Crippen LogP contribution in [0.5, 0.6) is 0 Å². The molecular formula is C10H14FN5O2. The average molecular weight is 254 g/mol. The Morgan fingerprint density at radius 3 is 3.06 bits per heavy atom. The third-order valence-corrected chi connectivity index (χ3v) is 2.75. The number of anilines is 1.